The molecule has 0 saturated heterocycles. The lowest BCUT2D eigenvalue weighted by Gasteiger charge is -2.34. The number of hydrogen-bond acceptors (Lipinski definition) is 5. The fraction of sp³-hybridized carbons (Fsp3) is 0.346. The lowest BCUT2D eigenvalue weighted by Crippen LogP contribution is -2.37. The minimum absolute atomic E-state index is 0.123. The van der Waals surface area contributed by atoms with E-state index in [1.807, 2.05) is 0 Å². The Balaban J connectivity index is 1.92. The third kappa shape index (κ3) is 5.04. The number of likely N-dealkylation sites (N-methyl/N-ethyl adjacent to an activating group) is 1. The van der Waals surface area contributed by atoms with Gasteiger partial charge in [-0.25, -0.2) is 4.39 Å². The van der Waals surface area contributed by atoms with E-state index >= 15 is 4.39 Å². The van der Waals surface area contributed by atoms with E-state index in [0.717, 1.165) is 21.2 Å². The number of aromatic nitrogens is 2. The number of aryl methyl sites for hydroxylation is 1. The zero-order valence-electron chi connectivity index (χ0n) is 20.5. The highest BCUT2D eigenvalue weighted by atomic mass is 32.1. The summed E-state index contributed by atoms with van der Waals surface area (Å²) in [6.45, 7) is 4.47. The molecule has 0 saturated carbocycles. The molecule has 1 aromatic carbocycles. The Bertz CT molecular complexity index is 1400. The van der Waals surface area contributed by atoms with Crippen LogP contribution in [0.4, 0.5) is 17.6 Å². The van der Waals surface area contributed by atoms with Gasteiger partial charge in [0, 0.05) is 53.8 Å². The van der Waals surface area contributed by atoms with Gasteiger partial charge in [0.2, 0.25) is 5.91 Å². The minimum atomic E-state index is -4.79. The summed E-state index contributed by atoms with van der Waals surface area (Å²) in [6.07, 6.45) is -0.474. The van der Waals surface area contributed by atoms with E-state index in [1.165, 1.54) is 29.7 Å². The number of alkyl halides is 3. The van der Waals surface area contributed by atoms with Crippen LogP contribution in [0.2, 0.25) is 0 Å². The Labute approximate surface area is 215 Å². The average Bonchev–Trinajstić information content (AvgIpc) is 3.44. The van der Waals surface area contributed by atoms with Crippen LogP contribution < -0.4 is 5.32 Å². The molecule has 0 radical (unpaired) electrons. The molecule has 1 aliphatic heterocycles. The van der Waals surface area contributed by atoms with Gasteiger partial charge < -0.3 is 10.2 Å². The summed E-state index contributed by atoms with van der Waals surface area (Å²) in [4.78, 5) is 15.8. The van der Waals surface area contributed by atoms with Crippen molar-refractivity contribution in [2.75, 3.05) is 20.1 Å². The van der Waals surface area contributed by atoms with Gasteiger partial charge in [0.05, 0.1) is 6.54 Å². The highest BCUT2D eigenvalue weighted by Crippen LogP contribution is 2.46. The summed E-state index contributed by atoms with van der Waals surface area (Å²) in [5, 5.41) is 16.2. The van der Waals surface area contributed by atoms with Gasteiger partial charge in [-0.1, -0.05) is 18.2 Å². The van der Waals surface area contributed by atoms with Gasteiger partial charge in [-0.05, 0) is 43.7 Å². The number of nitrogens with zero attached hydrogens (tertiary/aromatic N) is 4. The number of hydrogen-bond donors (Lipinski definition) is 1. The van der Waals surface area contributed by atoms with Crippen molar-refractivity contribution in [3.8, 4) is 17.2 Å². The van der Waals surface area contributed by atoms with Gasteiger partial charge in [0.15, 0.2) is 5.69 Å². The number of thiophene rings is 1. The molecule has 0 spiro atoms. The number of nitriles is 1. The van der Waals surface area contributed by atoms with Crippen molar-refractivity contribution in [1.29, 1.82) is 5.26 Å². The zero-order valence-corrected chi connectivity index (χ0v) is 21.3. The first-order valence-electron chi connectivity index (χ1n) is 11.7. The van der Waals surface area contributed by atoms with E-state index in [2.05, 4.69) is 16.5 Å². The zero-order chi connectivity index (χ0) is 26.9. The lowest BCUT2D eigenvalue weighted by molar-refractivity contribution is -0.141. The molecule has 0 bridgehead atoms. The summed E-state index contributed by atoms with van der Waals surface area (Å²) in [7, 11) is 1.75. The molecule has 0 aliphatic carbocycles. The minimum Gasteiger partial charge on any atom is -0.333 e. The van der Waals surface area contributed by atoms with Crippen LogP contribution in [0.3, 0.4) is 0 Å². The van der Waals surface area contributed by atoms with Gasteiger partial charge in [-0.2, -0.15) is 23.5 Å². The predicted molar refractivity (Wildman–Crippen MR) is 132 cm³/mol. The third-order valence-electron chi connectivity index (χ3n) is 6.40. The number of amides is 1. The Morgan fingerprint density at radius 1 is 1.38 bits per heavy atom. The highest BCUT2D eigenvalue weighted by Gasteiger charge is 2.40. The van der Waals surface area contributed by atoms with Crippen LogP contribution in [0.1, 0.15) is 45.0 Å². The Morgan fingerprint density at radius 3 is 2.78 bits per heavy atom. The van der Waals surface area contributed by atoms with E-state index in [1.54, 1.807) is 37.9 Å². The summed E-state index contributed by atoms with van der Waals surface area (Å²) >= 11 is 1.25. The first-order chi connectivity index (χ1) is 17.6. The average molecular weight is 532 g/mol. The number of carbonyl (C=O) groups is 1. The molecule has 1 atom stereocenters. The Morgan fingerprint density at radius 2 is 2.14 bits per heavy atom. The molecule has 1 amide bonds. The second-order valence-corrected chi connectivity index (χ2v) is 9.79. The van der Waals surface area contributed by atoms with Crippen molar-refractivity contribution in [3.05, 3.63) is 74.5 Å². The topological polar surface area (TPSA) is 74.0 Å². The molecular formula is C26H25F4N5OS. The summed E-state index contributed by atoms with van der Waals surface area (Å²) in [6, 6.07) is 6.32. The lowest BCUT2D eigenvalue weighted by atomic mass is 9.81. The fourth-order valence-electron chi connectivity index (χ4n) is 4.71. The molecule has 1 aliphatic rings. The molecule has 0 fully saturated rings. The molecule has 37 heavy (non-hydrogen) atoms. The molecule has 1 unspecified atom stereocenters. The molecule has 2 aromatic heterocycles. The fourth-order valence-corrected chi connectivity index (χ4v) is 5.89. The van der Waals surface area contributed by atoms with Crippen LogP contribution in [-0.2, 0) is 24.1 Å². The molecule has 3 aromatic rings. The summed E-state index contributed by atoms with van der Waals surface area (Å²) < 4.78 is 58.4. The van der Waals surface area contributed by atoms with Gasteiger partial charge >= 0.3 is 6.18 Å². The smallest absolute Gasteiger partial charge is 0.333 e. The Hall–Kier alpha value is -3.49. The van der Waals surface area contributed by atoms with Crippen LogP contribution in [0.15, 0.2) is 36.5 Å². The second-order valence-electron chi connectivity index (χ2n) is 8.69. The third-order valence-corrected chi connectivity index (χ3v) is 7.59. The van der Waals surface area contributed by atoms with Gasteiger partial charge in [0.25, 0.3) is 0 Å². The number of rotatable bonds is 6. The largest absolute Gasteiger partial charge is 0.435 e. The molecule has 194 valence electrons. The summed E-state index contributed by atoms with van der Waals surface area (Å²) in [5.41, 5.74) is 0.0437. The van der Waals surface area contributed by atoms with Crippen LogP contribution >= 0.6 is 11.3 Å². The normalized spacial score (nSPS) is 15.7. The highest BCUT2D eigenvalue weighted by molar-refractivity contribution is 7.12. The Kier molecular flexibility index (Phi) is 7.52. The molecule has 11 heteroatoms. The quantitative estimate of drug-likeness (QED) is 0.350. The van der Waals surface area contributed by atoms with E-state index < -0.39 is 23.6 Å². The molecular weight excluding hydrogens is 506 g/mol. The van der Waals surface area contributed by atoms with E-state index in [-0.39, 0.29) is 36.7 Å². The van der Waals surface area contributed by atoms with E-state index in [4.69, 9.17) is 0 Å². The number of benzene rings is 1. The SMILES string of the molecule is CCn1cc(-c2c(F)cccc2C2CN(C(=O)/C=C/CNC)Cc3sc(C#N)c(C)c32)c(C(F)(F)F)n1. The monoisotopic (exact) mass is 531 g/mol. The van der Waals surface area contributed by atoms with Gasteiger partial charge in [-0.3, -0.25) is 9.48 Å². The van der Waals surface area contributed by atoms with Gasteiger partial charge in [0.1, 0.15) is 16.8 Å². The van der Waals surface area contributed by atoms with Crippen molar-refractivity contribution >= 4 is 17.2 Å². The number of fused-ring (bicyclic) bond motifs is 1. The van der Waals surface area contributed by atoms with Crippen LogP contribution in [0.5, 0.6) is 0 Å². The number of nitrogens with one attached hydrogen (secondary N) is 1. The van der Waals surface area contributed by atoms with E-state index in [0.29, 0.717) is 22.5 Å². The predicted octanol–water partition coefficient (Wildman–Crippen LogP) is 5.22. The molecule has 4 rings (SSSR count). The van der Waals surface area contributed by atoms with E-state index in [9.17, 15) is 23.2 Å². The summed E-state index contributed by atoms with van der Waals surface area (Å²) in [5.74, 6) is -1.73. The van der Waals surface area contributed by atoms with Gasteiger partial charge in [-0.15, -0.1) is 11.3 Å². The number of halogens is 4. The van der Waals surface area contributed by atoms with Crippen molar-refractivity contribution in [1.82, 2.24) is 20.0 Å². The maximum Gasteiger partial charge on any atom is 0.435 e. The van der Waals surface area contributed by atoms with Crippen molar-refractivity contribution in [2.45, 2.75) is 39.0 Å². The van der Waals surface area contributed by atoms with Crippen LogP contribution in [-0.4, -0.2) is 40.7 Å². The van der Waals surface area contributed by atoms with Crippen LogP contribution in [0, 0.1) is 24.1 Å². The first-order valence-corrected chi connectivity index (χ1v) is 12.5. The standard InChI is InChI=1S/C26H25F4N5OS/c1-4-35-13-18(25(33-35)26(28,29)30)24-16(7-5-8-19(24)27)17-12-34(22(36)9-6-10-32-3)14-21-23(17)15(2)20(11-31)37-21/h5-9,13,17,32H,4,10,12,14H2,1-3H3/b9-6+. The van der Waals surface area contributed by atoms with Crippen LogP contribution in [0.25, 0.3) is 11.1 Å². The molecule has 3 heterocycles. The van der Waals surface area contributed by atoms with Crippen molar-refractivity contribution in [3.63, 3.8) is 0 Å². The molecule has 6 nitrogen and oxygen atoms in total. The van der Waals surface area contributed by atoms with Crippen molar-refractivity contribution in [2.24, 2.45) is 0 Å². The number of carbonyl (C=O) groups excluding carboxylic acids is 1. The van der Waals surface area contributed by atoms with Crippen molar-refractivity contribution < 1.29 is 22.4 Å². The second kappa shape index (κ2) is 10.5. The molecule has 1 N–H and O–H groups in total. The first kappa shape index (κ1) is 26.6. The maximum absolute atomic E-state index is 15.4. The maximum atomic E-state index is 15.4.